The Labute approximate surface area is 115 Å². The largest absolute Gasteiger partial charge is 0.478 e. The molecular formula is C14H17F2NO3. The molecule has 0 heterocycles. The highest BCUT2D eigenvalue weighted by molar-refractivity contribution is 5.88. The van der Waals surface area contributed by atoms with Crippen molar-refractivity contribution in [2.75, 3.05) is 11.9 Å². The van der Waals surface area contributed by atoms with Gasteiger partial charge in [0, 0.05) is 6.54 Å². The van der Waals surface area contributed by atoms with Gasteiger partial charge in [0.25, 0.3) is 0 Å². The first kappa shape index (κ1) is 14.7. The predicted molar refractivity (Wildman–Crippen MR) is 69.8 cm³/mol. The zero-order valence-corrected chi connectivity index (χ0v) is 10.9. The number of aromatic carboxylic acids is 1. The summed E-state index contributed by atoms with van der Waals surface area (Å²) >= 11 is 0. The van der Waals surface area contributed by atoms with Gasteiger partial charge in [-0.25, -0.2) is 13.6 Å². The summed E-state index contributed by atoms with van der Waals surface area (Å²) in [5.74, 6) is -3.70. The predicted octanol–water partition coefficient (Wildman–Crippen LogP) is 2.63. The van der Waals surface area contributed by atoms with Crippen molar-refractivity contribution in [1.29, 1.82) is 0 Å². The van der Waals surface area contributed by atoms with Crippen LogP contribution in [0.4, 0.5) is 14.5 Å². The van der Waals surface area contributed by atoms with E-state index >= 15 is 0 Å². The van der Waals surface area contributed by atoms with Crippen LogP contribution in [-0.2, 0) is 0 Å². The fraction of sp³-hybridized carbons (Fsp3) is 0.500. The number of rotatable bonds is 4. The number of hydrogen-bond donors (Lipinski definition) is 3. The molecule has 1 aromatic rings. The van der Waals surface area contributed by atoms with Crippen LogP contribution in [0.2, 0.25) is 0 Å². The number of carbonyl (C=O) groups is 1. The van der Waals surface area contributed by atoms with Crippen molar-refractivity contribution >= 4 is 11.7 Å². The van der Waals surface area contributed by atoms with Crippen LogP contribution in [0, 0.1) is 17.6 Å². The third-order valence-corrected chi connectivity index (χ3v) is 3.71. The van der Waals surface area contributed by atoms with E-state index in [9.17, 15) is 18.7 Å². The van der Waals surface area contributed by atoms with Gasteiger partial charge < -0.3 is 15.5 Å². The fourth-order valence-corrected chi connectivity index (χ4v) is 2.45. The Morgan fingerprint density at radius 3 is 2.45 bits per heavy atom. The monoisotopic (exact) mass is 285 g/mol. The summed E-state index contributed by atoms with van der Waals surface area (Å²) in [4.78, 5) is 10.7. The number of anilines is 1. The van der Waals surface area contributed by atoms with Crippen molar-refractivity contribution < 1.29 is 23.8 Å². The highest BCUT2D eigenvalue weighted by Crippen LogP contribution is 2.26. The highest BCUT2D eigenvalue weighted by atomic mass is 19.2. The lowest BCUT2D eigenvalue weighted by molar-refractivity contribution is 0.0690. The van der Waals surface area contributed by atoms with Crippen LogP contribution in [0.1, 0.15) is 36.0 Å². The van der Waals surface area contributed by atoms with Crippen molar-refractivity contribution in [3.8, 4) is 0 Å². The van der Waals surface area contributed by atoms with Gasteiger partial charge in [0.05, 0.1) is 17.4 Å². The summed E-state index contributed by atoms with van der Waals surface area (Å²) in [5.41, 5.74) is -0.701. The molecule has 1 aromatic carbocycles. The average molecular weight is 285 g/mol. The molecule has 0 saturated heterocycles. The number of hydrogen-bond acceptors (Lipinski definition) is 3. The number of halogens is 2. The van der Waals surface area contributed by atoms with E-state index in [1.807, 2.05) is 0 Å². The molecule has 0 aromatic heterocycles. The summed E-state index contributed by atoms with van der Waals surface area (Å²) in [6.45, 7) is 0.482. The maximum atomic E-state index is 13.7. The third kappa shape index (κ3) is 3.25. The van der Waals surface area contributed by atoms with Gasteiger partial charge in [0.2, 0.25) is 0 Å². The standard InChI is InChI=1S/C14H17F2NO3/c15-12-10(14(19)20)5-6-11(13(12)16)17-7-8-1-3-9(18)4-2-8/h5-6,8-9,17-18H,1-4,7H2,(H,19,20). The van der Waals surface area contributed by atoms with E-state index in [2.05, 4.69) is 5.32 Å². The van der Waals surface area contributed by atoms with Crippen molar-refractivity contribution in [2.24, 2.45) is 5.92 Å². The zero-order chi connectivity index (χ0) is 14.7. The molecule has 0 aliphatic heterocycles. The lowest BCUT2D eigenvalue weighted by atomic mass is 9.87. The molecule has 6 heteroatoms. The van der Waals surface area contributed by atoms with Crippen molar-refractivity contribution in [3.05, 3.63) is 29.3 Å². The zero-order valence-electron chi connectivity index (χ0n) is 10.9. The summed E-state index contributed by atoms with van der Waals surface area (Å²) in [7, 11) is 0. The lowest BCUT2D eigenvalue weighted by Gasteiger charge is -2.25. The Hall–Kier alpha value is -1.69. The van der Waals surface area contributed by atoms with E-state index in [0.29, 0.717) is 12.5 Å². The van der Waals surface area contributed by atoms with Gasteiger partial charge in [-0.15, -0.1) is 0 Å². The van der Waals surface area contributed by atoms with Crippen LogP contribution in [0.15, 0.2) is 12.1 Å². The molecule has 0 atom stereocenters. The van der Waals surface area contributed by atoms with Crippen molar-refractivity contribution in [2.45, 2.75) is 31.8 Å². The minimum atomic E-state index is -1.49. The van der Waals surface area contributed by atoms with Crippen molar-refractivity contribution in [3.63, 3.8) is 0 Å². The number of benzene rings is 1. The van der Waals surface area contributed by atoms with Crippen molar-refractivity contribution in [1.82, 2.24) is 0 Å². The Bertz CT molecular complexity index is 499. The van der Waals surface area contributed by atoms with Crippen LogP contribution in [0.25, 0.3) is 0 Å². The van der Waals surface area contributed by atoms with Gasteiger partial charge in [0.1, 0.15) is 0 Å². The highest BCUT2D eigenvalue weighted by Gasteiger charge is 2.21. The molecule has 0 radical (unpaired) electrons. The number of aliphatic hydroxyl groups excluding tert-OH is 1. The molecular weight excluding hydrogens is 268 g/mol. The van der Waals surface area contributed by atoms with E-state index < -0.39 is 23.2 Å². The van der Waals surface area contributed by atoms with Gasteiger partial charge in [-0.2, -0.15) is 0 Å². The Morgan fingerprint density at radius 2 is 1.85 bits per heavy atom. The number of nitrogens with one attached hydrogen (secondary N) is 1. The van der Waals surface area contributed by atoms with Crippen LogP contribution in [-0.4, -0.2) is 28.8 Å². The first-order valence-electron chi connectivity index (χ1n) is 6.62. The molecule has 110 valence electrons. The Morgan fingerprint density at radius 1 is 1.20 bits per heavy atom. The van der Waals surface area contributed by atoms with Crippen LogP contribution < -0.4 is 5.32 Å². The molecule has 0 bridgehead atoms. The molecule has 1 fully saturated rings. The second kappa shape index (κ2) is 6.17. The Kier molecular flexibility index (Phi) is 4.54. The lowest BCUT2D eigenvalue weighted by Crippen LogP contribution is -2.24. The molecule has 1 aliphatic rings. The van der Waals surface area contributed by atoms with Crippen LogP contribution >= 0.6 is 0 Å². The van der Waals surface area contributed by atoms with Crippen LogP contribution in [0.5, 0.6) is 0 Å². The molecule has 2 rings (SSSR count). The third-order valence-electron chi connectivity index (χ3n) is 3.71. The number of carboxylic acids is 1. The second-order valence-corrected chi connectivity index (χ2v) is 5.15. The van der Waals surface area contributed by atoms with E-state index in [1.165, 1.54) is 6.07 Å². The second-order valence-electron chi connectivity index (χ2n) is 5.15. The van der Waals surface area contributed by atoms with Gasteiger partial charge in [-0.3, -0.25) is 0 Å². The topological polar surface area (TPSA) is 69.6 Å². The van der Waals surface area contributed by atoms with E-state index in [0.717, 1.165) is 31.7 Å². The van der Waals surface area contributed by atoms with E-state index in [4.69, 9.17) is 5.11 Å². The van der Waals surface area contributed by atoms with Gasteiger partial charge >= 0.3 is 5.97 Å². The smallest absolute Gasteiger partial charge is 0.338 e. The van der Waals surface area contributed by atoms with Gasteiger partial charge in [0.15, 0.2) is 11.6 Å². The molecule has 0 amide bonds. The summed E-state index contributed by atoms with van der Waals surface area (Å²) in [6.07, 6.45) is 2.87. The molecule has 20 heavy (non-hydrogen) atoms. The molecule has 4 nitrogen and oxygen atoms in total. The fourth-order valence-electron chi connectivity index (χ4n) is 2.45. The normalized spacial score (nSPS) is 22.6. The average Bonchev–Trinajstić information content (AvgIpc) is 2.42. The van der Waals surface area contributed by atoms with Gasteiger partial charge in [-0.1, -0.05) is 0 Å². The van der Waals surface area contributed by atoms with E-state index in [1.54, 1.807) is 0 Å². The molecule has 0 spiro atoms. The summed E-state index contributed by atoms with van der Waals surface area (Å²) < 4.78 is 27.2. The quantitative estimate of drug-likeness (QED) is 0.795. The number of aliphatic hydroxyl groups is 1. The molecule has 3 N–H and O–H groups in total. The summed E-state index contributed by atoms with van der Waals surface area (Å²) in [5, 5.41) is 20.9. The minimum absolute atomic E-state index is 0.0291. The minimum Gasteiger partial charge on any atom is -0.478 e. The first-order valence-corrected chi connectivity index (χ1v) is 6.62. The van der Waals surface area contributed by atoms with Gasteiger partial charge in [-0.05, 0) is 43.7 Å². The SMILES string of the molecule is O=C(O)c1ccc(NCC2CCC(O)CC2)c(F)c1F. The van der Waals surface area contributed by atoms with Crippen LogP contribution in [0.3, 0.4) is 0 Å². The number of carboxylic acid groups (broad SMARTS) is 1. The maximum absolute atomic E-state index is 13.7. The summed E-state index contributed by atoms with van der Waals surface area (Å²) in [6, 6.07) is 2.28. The molecule has 0 unspecified atom stereocenters. The maximum Gasteiger partial charge on any atom is 0.338 e. The molecule has 1 aliphatic carbocycles. The molecule has 1 saturated carbocycles. The first-order chi connectivity index (χ1) is 9.49. The van der Waals surface area contributed by atoms with E-state index in [-0.39, 0.29) is 11.8 Å². The Balaban J connectivity index is 2.00.